The van der Waals surface area contributed by atoms with Gasteiger partial charge in [0.2, 0.25) is 0 Å². The number of hydrogen-bond donors (Lipinski definition) is 2. The topological polar surface area (TPSA) is 132 Å². The quantitative estimate of drug-likeness (QED) is 0.769. The van der Waals surface area contributed by atoms with Crippen molar-refractivity contribution < 1.29 is 16.8 Å². The van der Waals surface area contributed by atoms with Gasteiger partial charge in [-0.3, -0.25) is 4.72 Å². The molecule has 1 aromatic heterocycles. The lowest BCUT2D eigenvalue weighted by molar-refractivity contribution is 0.600. The number of benzene rings is 1. The van der Waals surface area contributed by atoms with Gasteiger partial charge in [-0.25, -0.2) is 26.8 Å². The second-order valence-corrected chi connectivity index (χ2v) is 7.87. The lowest BCUT2D eigenvalue weighted by Crippen LogP contribution is -2.16. The molecule has 0 aliphatic rings. The van der Waals surface area contributed by atoms with Gasteiger partial charge in [0.05, 0.1) is 28.7 Å². The van der Waals surface area contributed by atoms with Crippen LogP contribution in [0.15, 0.2) is 46.7 Å². The van der Waals surface area contributed by atoms with Crippen LogP contribution in [0.5, 0.6) is 0 Å². The fraction of sp³-hybridized carbons (Fsp3) is 0.0909. The Balaban J connectivity index is 2.50. The molecule has 0 unspecified atom stereocenters. The Morgan fingerprint density at radius 2 is 1.71 bits per heavy atom. The summed E-state index contributed by atoms with van der Waals surface area (Å²) < 4.78 is 49.8. The van der Waals surface area contributed by atoms with Crippen molar-refractivity contribution in [2.45, 2.75) is 9.79 Å². The molecule has 3 N–H and O–H groups in total. The van der Waals surface area contributed by atoms with Gasteiger partial charge in [0.15, 0.2) is 9.84 Å². The van der Waals surface area contributed by atoms with Crippen molar-refractivity contribution in [1.82, 2.24) is 9.97 Å². The van der Waals surface area contributed by atoms with Gasteiger partial charge in [-0.15, -0.1) is 0 Å². The number of nitrogens with one attached hydrogen (secondary N) is 1. The molecule has 0 spiro atoms. The fourth-order valence-corrected chi connectivity index (χ4v) is 3.45. The first-order valence-corrected chi connectivity index (χ1v) is 8.95. The Kier molecular flexibility index (Phi) is 3.83. The highest BCUT2D eigenvalue weighted by Crippen LogP contribution is 2.24. The van der Waals surface area contributed by atoms with E-state index in [1.807, 2.05) is 0 Å². The first-order valence-electron chi connectivity index (χ1n) is 5.57. The molecule has 0 radical (unpaired) electrons. The Labute approximate surface area is 122 Å². The maximum atomic E-state index is 12.3. The number of sulfonamides is 1. The molecule has 2 aromatic rings. The smallest absolute Gasteiger partial charge is 0.264 e. The highest BCUT2D eigenvalue weighted by molar-refractivity contribution is 7.93. The molecule has 0 saturated carbocycles. The molecule has 0 aliphatic carbocycles. The van der Waals surface area contributed by atoms with Crippen molar-refractivity contribution in [1.29, 1.82) is 0 Å². The molecule has 0 aliphatic heterocycles. The van der Waals surface area contributed by atoms with Crippen LogP contribution in [-0.2, 0) is 19.9 Å². The van der Waals surface area contributed by atoms with Gasteiger partial charge in [0, 0.05) is 6.26 Å². The van der Waals surface area contributed by atoms with Crippen LogP contribution in [0, 0.1) is 0 Å². The average molecular weight is 328 g/mol. The molecular weight excluding hydrogens is 316 g/mol. The van der Waals surface area contributed by atoms with Crippen LogP contribution in [0.2, 0.25) is 0 Å². The molecule has 112 valence electrons. The molecule has 8 nitrogen and oxygen atoms in total. The Morgan fingerprint density at radius 3 is 2.29 bits per heavy atom. The van der Waals surface area contributed by atoms with E-state index in [0.29, 0.717) is 0 Å². The standard InChI is InChI=1S/C11H12N4O4S2/c1-20(16,17)9-2-3-10(12)11(4-9)21(18,19)15-8-5-13-7-14-6-8/h2-7,15H,12H2,1H3. The summed E-state index contributed by atoms with van der Waals surface area (Å²) >= 11 is 0. The van der Waals surface area contributed by atoms with Crippen molar-refractivity contribution in [2.24, 2.45) is 0 Å². The molecular formula is C11H12N4O4S2. The maximum absolute atomic E-state index is 12.3. The zero-order chi connectivity index (χ0) is 15.7. The van der Waals surface area contributed by atoms with E-state index >= 15 is 0 Å². The van der Waals surface area contributed by atoms with Crippen molar-refractivity contribution in [3.05, 3.63) is 36.9 Å². The molecule has 0 fully saturated rings. The van der Waals surface area contributed by atoms with Gasteiger partial charge in [-0.1, -0.05) is 0 Å². The lowest BCUT2D eigenvalue weighted by Gasteiger charge is -2.10. The number of aromatic nitrogens is 2. The van der Waals surface area contributed by atoms with E-state index in [4.69, 9.17) is 5.73 Å². The molecule has 10 heteroatoms. The zero-order valence-corrected chi connectivity index (χ0v) is 12.5. The van der Waals surface area contributed by atoms with Gasteiger partial charge >= 0.3 is 0 Å². The molecule has 0 bridgehead atoms. The Bertz CT molecular complexity index is 864. The second-order valence-electron chi connectivity index (χ2n) is 4.20. The molecule has 1 aromatic carbocycles. The summed E-state index contributed by atoms with van der Waals surface area (Å²) in [6, 6.07) is 3.48. The normalized spacial score (nSPS) is 12.0. The van der Waals surface area contributed by atoms with Gasteiger partial charge in [0.1, 0.15) is 11.2 Å². The third-order valence-corrected chi connectivity index (χ3v) is 5.06. The van der Waals surface area contributed by atoms with Crippen LogP contribution in [-0.4, -0.2) is 33.1 Å². The number of hydrogen-bond acceptors (Lipinski definition) is 7. The minimum Gasteiger partial charge on any atom is -0.398 e. The minimum atomic E-state index is -4.05. The third kappa shape index (κ3) is 3.47. The van der Waals surface area contributed by atoms with Crippen LogP contribution in [0.4, 0.5) is 11.4 Å². The molecule has 21 heavy (non-hydrogen) atoms. The van der Waals surface area contributed by atoms with E-state index in [1.54, 1.807) is 0 Å². The van der Waals surface area contributed by atoms with Crippen LogP contribution in [0.25, 0.3) is 0 Å². The average Bonchev–Trinajstić information content (AvgIpc) is 2.38. The third-order valence-electron chi connectivity index (χ3n) is 2.52. The van der Waals surface area contributed by atoms with E-state index in [9.17, 15) is 16.8 Å². The van der Waals surface area contributed by atoms with E-state index < -0.39 is 19.9 Å². The van der Waals surface area contributed by atoms with E-state index in [1.165, 1.54) is 30.9 Å². The van der Waals surface area contributed by atoms with E-state index in [0.717, 1.165) is 12.3 Å². The molecule has 2 rings (SSSR count). The highest BCUT2D eigenvalue weighted by atomic mass is 32.2. The summed E-state index contributed by atoms with van der Waals surface area (Å²) in [5.41, 5.74) is 5.70. The highest BCUT2D eigenvalue weighted by Gasteiger charge is 2.20. The van der Waals surface area contributed by atoms with Crippen molar-refractivity contribution in [3.8, 4) is 0 Å². The van der Waals surface area contributed by atoms with Crippen molar-refractivity contribution in [3.63, 3.8) is 0 Å². The summed E-state index contributed by atoms with van der Waals surface area (Å²) in [4.78, 5) is 6.89. The number of anilines is 2. The summed E-state index contributed by atoms with van der Waals surface area (Å²) in [6.45, 7) is 0. The first kappa shape index (κ1) is 15.2. The molecule has 1 heterocycles. The number of nitrogens with zero attached hydrogens (tertiary/aromatic N) is 2. The van der Waals surface area contributed by atoms with E-state index in [2.05, 4.69) is 14.7 Å². The van der Waals surface area contributed by atoms with E-state index in [-0.39, 0.29) is 21.2 Å². The number of nitrogen functional groups attached to an aromatic ring is 1. The molecule has 0 atom stereocenters. The van der Waals surface area contributed by atoms with Crippen LogP contribution < -0.4 is 10.5 Å². The Hall–Kier alpha value is -2.20. The summed E-state index contributed by atoms with van der Waals surface area (Å²) in [6.07, 6.45) is 4.76. The summed E-state index contributed by atoms with van der Waals surface area (Å²) in [5.74, 6) is 0. The van der Waals surface area contributed by atoms with Crippen LogP contribution >= 0.6 is 0 Å². The molecule has 0 saturated heterocycles. The first-order chi connectivity index (χ1) is 9.70. The van der Waals surface area contributed by atoms with Crippen LogP contribution in [0.3, 0.4) is 0 Å². The van der Waals surface area contributed by atoms with Crippen LogP contribution in [0.1, 0.15) is 0 Å². The predicted octanol–water partition coefficient (Wildman–Crippen LogP) is 0.263. The fourth-order valence-electron chi connectivity index (χ4n) is 1.54. The number of nitrogens with two attached hydrogens (primary N) is 1. The predicted molar refractivity (Wildman–Crippen MR) is 76.8 cm³/mol. The lowest BCUT2D eigenvalue weighted by atomic mass is 10.3. The summed E-state index contributed by atoms with van der Waals surface area (Å²) in [7, 11) is -7.59. The van der Waals surface area contributed by atoms with Gasteiger partial charge in [0.25, 0.3) is 10.0 Å². The largest absolute Gasteiger partial charge is 0.398 e. The minimum absolute atomic E-state index is 0.0632. The zero-order valence-electron chi connectivity index (χ0n) is 10.9. The SMILES string of the molecule is CS(=O)(=O)c1ccc(N)c(S(=O)(=O)Nc2cncnc2)c1. The van der Waals surface area contributed by atoms with Gasteiger partial charge in [-0.2, -0.15) is 0 Å². The maximum Gasteiger partial charge on any atom is 0.264 e. The second kappa shape index (κ2) is 5.30. The summed E-state index contributed by atoms with van der Waals surface area (Å²) in [5, 5.41) is 0. The Morgan fingerprint density at radius 1 is 1.10 bits per heavy atom. The van der Waals surface area contributed by atoms with Crippen molar-refractivity contribution in [2.75, 3.05) is 16.7 Å². The number of rotatable bonds is 4. The monoisotopic (exact) mass is 328 g/mol. The molecule has 0 amide bonds. The number of sulfone groups is 1. The van der Waals surface area contributed by atoms with Gasteiger partial charge < -0.3 is 5.73 Å². The van der Waals surface area contributed by atoms with Crippen molar-refractivity contribution >= 4 is 31.2 Å². The van der Waals surface area contributed by atoms with Gasteiger partial charge in [-0.05, 0) is 18.2 Å².